The van der Waals surface area contributed by atoms with Gasteiger partial charge in [0.15, 0.2) is 5.96 Å². The highest BCUT2D eigenvalue weighted by Gasteiger charge is 2.10. The Hall–Kier alpha value is -0.730. The van der Waals surface area contributed by atoms with Crippen molar-refractivity contribution in [3.63, 3.8) is 0 Å². The van der Waals surface area contributed by atoms with Crippen LogP contribution in [-0.2, 0) is 9.53 Å². The van der Waals surface area contributed by atoms with Crippen molar-refractivity contribution in [2.24, 2.45) is 10.7 Å². The lowest BCUT2D eigenvalue weighted by molar-refractivity contribution is -0.140. The first-order chi connectivity index (χ1) is 10.4. The van der Waals surface area contributed by atoms with Crippen molar-refractivity contribution in [1.82, 2.24) is 5.32 Å². The van der Waals surface area contributed by atoms with Gasteiger partial charge in [-0.15, -0.1) is 24.0 Å². The zero-order chi connectivity index (χ0) is 16.5. The summed E-state index contributed by atoms with van der Waals surface area (Å²) >= 11 is 12.0. The van der Waals surface area contributed by atoms with Crippen LogP contribution in [0.5, 0.6) is 0 Å². The monoisotopic (exact) mass is 473 g/mol. The van der Waals surface area contributed by atoms with E-state index in [1.54, 1.807) is 12.1 Å². The molecule has 0 spiro atoms. The minimum absolute atomic E-state index is 0. The fourth-order valence-electron chi connectivity index (χ4n) is 1.88. The number of carbonyl (C=O) groups excluding carboxylic acids is 1. The van der Waals surface area contributed by atoms with E-state index in [0.29, 0.717) is 29.0 Å². The standard InChI is InChI=1S/C15H21Cl2N3O2.HI/c1-10(12-7-6-11(16)9-13(12)17)20-15(18)19-8-4-3-5-14(21)22-2;/h6-7,9-10H,3-5,8H2,1-2H3,(H3,18,19,20);1H. The van der Waals surface area contributed by atoms with E-state index in [1.165, 1.54) is 7.11 Å². The normalized spacial score (nSPS) is 12.3. The van der Waals surface area contributed by atoms with Crippen LogP contribution >= 0.6 is 47.2 Å². The van der Waals surface area contributed by atoms with Gasteiger partial charge in [-0.25, -0.2) is 0 Å². The van der Waals surface area contributed by atoms with Gasteiger partial charge >= 0.3 is 5.97 Å². The Balaban J connectivity index is 0.00000484. The molecule has 5 nitrogen and oxygen atoms in total. The minimum atomic E-state index is -0.207. The lowest BCUT2D eigenvalue weighted by Gasteiger charge is -2.16. The summed E-state index contributed by atoms with van der Waals surface area (Å²) in [6.07, 6.45) is 1.89. The molecule has 0 aliphatic rings. The number of rotatable bonds is 7. The Morgan fingerprint density at radius 3 is 2.70 bits per heavy atom. The van der Waals surface area contributed by atoms with Crippen LogP contribution in [0.1, 0.15) is 37.8 Å². The molecule has 0 radical (unpaired) electrons. The molecule has 130 valence electrons. The van der Waals surface area contributed by atoms with E-state index in [9.17, 15) is 4.79 Å². The third-order valence-electron chi connectivity index (χ3n) is 3.09. The molecule has 0 aromatic heterocycles. The van der Waals surface area contributed by atoms with E-state index in [-0.39, 0.29) is 36.0 Å². The summed E-state index contributed by atoms with van der Waals surface area (Å²) < 4.78 is 4.57. The lowest BCUT2D eigenvalue weighted by Crippen LogP contribution is -2.34. The van der Waals surface area contributed by atoms with Gasteiger partial charge in [0, 0.05) is 23.0 Å². The maximum atomic E-state index is 11.0. The van der Waals surface area contributed by atoms with Gasteiger partial charge in [-0.1, -0.05) is 29.3 Å². The van der Waals surface area contributed by atoms with Gasteiger partial charge < -0.3 is 15.8 Å². The smallest absolute Gasteiger partial charge is 0.305 e. The van der Waals surface area contributed by atoms with Crippen LogP contribution in [0, 0.1) is 0 Å². The van der Waals surface area contributed by atoms with Crippen LogP contribution in [0.25, 0.3) is 0 Å². The fourth-order valence-corrected chi connectivity index (χ4v) is 2.45. The molecule has 0 saturated carbocycles. The second-order valence-electron chi connectivity index (χ2n) is 4.83. The van der Waals surface area contributed by atoms with Gasteiger partial charge in [0.05, 0.1) is 13.2 Å². The Morgan fingerprint density at radius 1 is 1.39 bits per heavy atom. The number of halogens is 3. The molecule has 0 bridgehead atoms. The number of esters is 1. The van der Waals surface area contributed by atoms with Crippen molar-refractivity contribution in [2.75, 3.05) is 13.7 Å². The number of methoxy groups -OCH3 is 1. The largest absolute Gasteiger partial charge is 0.469 e. The second-order valence-corrected chi connectivity index (χ2v) is 5.68. The van der Waals surface area contributed by atoms with Crippen LogP contribution < -0.4 is 11.1 Å². The first-order valence-corrected chi connectivity index (χ1v) is 7.78. The van der Waals surface area contributed by atoms with Crippen LogP contribution in [0.4, 0.5) is 0 Å². The highest BCUT2D eigenvalue weighted by Crippen LogP contribution is 2.25. The summed E-state index contributed by atoms with van der Waals surface area (Å²) in [5.74, 6) is 0.137. The number of nitrogens with zero attached hydrogens (tertiary/aromatic N) is 1. The summed E-state index contributed by atoms with van der Waals surface area (Å²) in [7, 11) is 1.38. The zero-order valence-corrected chi connectivity index (χ0v) is 17.0. The number of hydrogen-bond donors (Lipinski definition) is 2. The van der Waals surface area contributed by atoms with E-state index in [2.05, 4.69) is 15.0 Å². The summed E-state index contributed by atoms with van der Waals surface area (Å²) in [5.41, 5.74) is 6.74. The molecule has 0 amide bonds. The van der Waals surface area contributed by atoms with E-state index in [1.807, 2.05) is 13.0 Å². The average Bonchev–Trinajstić information content (AvgIpc) is 2.46. The Kier molecular flexibility index (Phi) is 11.4. The van der Waals surface area contributed by atoms with Gasteiger partial charge in [0.25, 0.3) is 0 Å². The quantitative estimate of drug-likeness (QED) is 0.207. The molecular weight excluding hydrogens is 452 g/mol. The van der Waals surface area contributed by atoms with E-state index >= 15 is 0 Å². The summed E-state index contributed by atoms with van der Waals surface area (Å²) in [4.78, 5) is 15.2. The predicted molar refractivity (Wildman–Crippen MR) is 106 cm³/mol. The summed E-state index contributed by atoms with van der Waals surface area (Å²) in [6.45, 7) is 2.49. The van der Waals surface area contributed by atoms with Crippen LogP contribution in [0.15, 0.2) is 23.2 Å². The molecule has 0 aliphatic carbocycles. The number of unbranched alkanes of at least 4 members (excludes halogenated alkanes) is 1. The molecule has 0 heterocycles. The molecule has 1 unspecified atom stereocenters. The number of aliphatic imine (C=N–C) groups is 1. The number of ether oxygens (including phenoxy) is 1. The van der Waals surface area contributed by atoms with Crippen molar-refractivity contribution < 1.29 is 9.53 Å². The van der Waals surface area contributed by atoms with E-state index in [0.717, 1.165) is 18.4 Å². The molecule has 23 heavy (non-hydrogen) atoms. The number of hydrogen-bond acceptors (Lipinski definition) is 3. The number of nitrogens with one attached hydrogen (secondary N) is 1. The molecule has 8 heteroatoms. The second kappa shape index (κ2) is 11.8. The van der Waals surface area contributed by atoms with Crippen LogP contribution in [0.2, 0.25) is 10.0 Å². The Morgan fingerprint density at radius 2 is 2.09 bits per heavy atom. The van der Waals surface area contributed by atoms with Gasteiger partial charge in [0.2, 0.25) is 0 Å². The topological polar surface area (TPSA) is 76.7 Å². The molecule has 1 atom stereocenters. The van der Waals surface area contributed by atoms with E-state index in [4.69, 9.17) is 28.9 Å². The van der Waals surface area contributed by atoms with E-state index < -0.39 is 0 Å². The van der Waals surface area contributed by atoms with Gasteiger partial charge in [-0.2, -0.15) is 0 Å². The minimum Gasteiger partial charge on any atom is -0.469 e. The molecule has 1 aromatic rings. The molecule has 1 aromatic carbocycles. The average molecular weight is 474 g/mol. The first-order valence-electron chi connectivity index (χ1n) is 7.02. The van der Waals surface area contributed by atoms with Crippen LogP contribution in [-0.4, -0.2) is 25.6 Å². The molecular formula is C15H22Cl2IN3O2. The number of guanidine groups is 1. The first kappa shape index (κ1) is 22.3. The number of nitrogens with two attached hydrogens (primary N) is 1. The van der Waals surface area contributed by atoms with Gasteiger partial charge in [0.1, 0.15) is 0 Å². The molecule has 3 N–H and O–H groups in total. The third kappa shape index (κ3) is 8.62. The van der Waals surface area contributed by atoms with Crippen molar-refractivity contribution >= 4 is 59.1 Å². The van der Waals surface area contributed by atoms with Crippen molar-refractivity contribution in [3.8, 4) is 0 Å². The fraction of sp³-hybridized carbons (Fsp3) is 0.467. The van der Waals surface area contributed by atoms with Crippen molar-refractivity contribution in [1.29, 1.82) is 0 Å². The summed E-state index contributed by atoms with van der Waals surface area (Å²) in [6, 6.07) is 5.24. The summed E-state index contributed by atoms with van der Waals surface area (Å²) in [5, 5.41) is 4.25. The van der Waals surface area contributed by atoms with Gasteiger partial charge in [-0.05, 0) is 37.5 Å². The molecule has 0 fully saturated rings. The molecule has 1 rings (SSSR count). The highest BCUT2D eigenvalue weighted by atomic mass is 127. The molecule has 0 saturated heterocycles. The number of carbonyl (C=O) groups is 1. The Labute approximate surface area is 164 Å². The predicted octanol–water partition coefficient (Wildman–Crippen LogP) is 3.92. The molecule has 0 aliphatic heterocycles. The SMILES string of the molecule is COC(=O)CCCCN=C(N)NC(C)c1ccc(Cl)cc1Cl.I. The van der Waals surface area contributed by atoms with Crippen LogP contribution in [0.3, 0.4) is 0 Å². The van der Waals surface area contributed by atoms with Gasteiger partial charge in [-0.3, -0.25) is 9.79 Å². The highest BCUT2D eigenvalue weighted by molar-refractivity contribution is 14.0. The van der Waals surface area contributed by atoms with Crippen molar-refractivity contribution in [2.45, 2.75) is 32.2 Å². The number of benzene rings is 1. The zero-order valence-electron chi connectivity index (χ0n) is 13.1. The lowest BCUT2D eigenvalue weighted by atomic mass is 10.1. The Bertz CT molecular complexity index is 541. The maximum absolute atomic E-state index is 11.0. The third-order valence-corrected chi connectivity index (χ3v) is 3.65. The van der Waals surface area contributed by atoms with Crippen molar-refractivity contribution in [3.05, 3.63) is 33.8 Å². The maximum Gasteiger partial charge on any atom is 0.305 e.